The van der Waals surface area contributed by atoms with Crippen molar-refractivity contribution in [3.8, 4) is 17.4 Å². The molecular formula is C19H16ClF3N4O3S. The van der Waals surface area contributed by atoms with Gasteiger partial charge in [-0.15, -0.1) is 0 Å². The summed E-state index contributed by atoms with van der Waals surface area (Å²) in [6.45, 7) is 0.461. The van der Waals surface area contributed by atoms with Gasteiger partial charge in [0.25, 0.3) is 11.8 Å². The first-order valence-electron chi connectivity index (χ1n) is 9.02. The minimum absolute atomic E-state index is 0.101. The van der Waals surface area contributed by atoms with Crippen LogP contribution >= 0.6 is 23.4 Å². The van der Waals surface area contributed by atoms with E-state index in [4.69, 9.17) is 21.1 Å². The zero-order valence-corrected chi connectivity index (χ0v) is 17.6. The van der Waals surface area contributed by atoms with E-state index in [1.807, 2.05) is 6.92 Å². The molecule has 4 heterocycles. The Balaban J connectivity index is 1.53. The molecule has 0 unspecified atom stereocenters. The molecule has 1 saturated heterocycles. The smallest absolute Gasteiger partial charge is 0.422 e. The maximum atomic E-state index is 12.5. The molecule has 31 heavy (non-hydrogen) atoms. The van der Waals surface area contributed by atoms with Crippen LogP contribution in [0.1, 0.15) is 17.4 Å². The highest BCUT2D eigenvalue weighted by Crippen LogP contribution is 2.33. The van der Waals surface area contributed by atoms with Crippen molar-refractivity contribution in [2.24, 2.45) is 0 Å². The van der Waals surface area contributed by atoms with Crippen LogP contribution in [0.5, 0.6) is 17.4 Å². The normalized spacial score (nSPS) is 15.4. The van der Waals surface area contributed by atoms with Gasteiger partial charge < -0.3 is 19.2 Å². The zero-order chi connectivity index (χ0) is 22.2. The Morgan fingerprint density at radius 1 is 1.35 bits per heavy atom. The molecule has 1 fully saturated rings. The van der Waals surface area contributed by atoms with Gasteiger partial charge in [-0.1, -0.05) is 11.6 Å². The second kappa shape index (κ2) is 8.12. The Labute approximate surface area is 183 Å². The van der Waals surface area contributed by atoms with E-state index in [-0.39, 0.29) is 39.5 Å². The van der Waals surface area contributed by atoms with E-state index in [9.17, 15) is 18.0 Å². The molecule has 1 aliphatic rings. The van der Waals surface area contributed by atoms with Crippen LogP contribution in [0, 0.1) is 0 Å². The number of alkyl halides is 3. The summed E-state index contributed by atoms with van der Waals surface area (Å²) in [6, 6.07) is 4.35. The molecule has 1 aliphatic heterocycles. The first-order valence-corrected chi connectivity index (χ1v) is 10.6. The van der Waals surface area contributed by atoms with Crippen LogP contribution in [0.25, 0.3) is 5.65 Å². The Morgan fingerprint density at radius 3 is 2.81 bits per heavy atom. The third-order valence-corrected chi connectivity index (χ3v) is 6.19. The fourth-order valence-electron chi connectivity index (χ4n) is 2.82. The maximum absolute atomic E-state index is 12.5. The lowest BCUT2D eigenvalue weighted by Gasteiger charge is -2.38. The zero-order valence-electron chi connectivity index (χ0n) is 16.1. The van der Waals surface area contributed by atoms with E-state index in [1.165, 1.54) is 18.5 Å². The Hall–Kier alpha value is -2.66. The monoisotopic (exact) mass is 472 g/mol. The van der Waals surface area contributed by atoms with Crippen LogP contribution in [0.2, 0.25) is 5.02 Å². The molecule has 0 aromatic carbocycles. The highest BCUT2D eigenvalue weighted by atomic mass is 35.5. The summed E-state index contributed by atoms with van der Waals surface area (Å²) in [4.78, 5) is 20.7. The van der Waals surface area contributed by atoms with Crippen LogP contribution in [-0.2, 0) is 0 Å². The molecular weight excluding hydrogens is 457 g/mol. The number of fused-ring (bicyclic) bond motifs is 1. The molecule has 1 amide bonds. The molecule has 12 heteroatoms. The molecule has 1 N–H and O–H groups in total. The number of ether oxygens (including phenoxy) is 2. The van der Waals surface area contributed by atoms with Crippen LogP contribution in [0.4, 0.5) is 13.2 Å². The van der Waals surface area contributed by atoms with Crippen molar-refractivity contribution in [3.63, 3.8) is 0 Å². The van der Waals surface area contributed by atoms with Gasteiger partial charge in [-0.25, -0.2) is 9.97 Å². The molecule has 0 aliphatic carbocycles. The molecule has 0 atom stereocenters. The standard InChI is InChI=1S/C19H16ClF3N4O3S/c1-18(9-31-10-18)26-16(28)13-7-27-6-12(2-3-15(27)25-13)30-17-14(4-11(20)5-24-17)29-8-19(21,22)23/h2-7H,8-10H2,1H3,(H,26,28). The van der Waals surface area contributed by atoms with E-state index in [1.54, 1.807) is 34.5 Å². The lowest BCUT2D eigenvalue weighted by molar-refractivity contribution is -0.153. The third kappa shape index (κ3) is 5.16. The van der Waals surface area contributed by atoms with Crippen molar-refractivity contribution in [3.05, 3.63) is 47.5 Å². The van der Waals surface area contributed by atoms with Crippen LogP contribution < -0.4 is 14.8 Å². The summed E-state index contributed by atoms with van der Waals surface area (Å²) >= 11 is 7.56. The largest absolute Gasteiger partial charge is 0.478 e. The quantitative estimate of drug-likeness (QED) is 0.574. The number of amides is 1. The fraction of sp³-hybridized carbons (Fsp3) is 0.316. The number of imidazole rings is 1. The number of aromatic nitrogens is 3. The number of rotatable bonds is 6. The Bertz CT molecular complexity index is 1130. The van der Waals surface area contributed by atoms with Crippen molar-refractivity contribution in [1.82, 2.24) is 19.7 Å². The summed E-state index contributed by atoms with van der Waals surface area (Å²) in [7, 11) is 0. The number of thioether (sulfide) groups is 1. The van der Waals surface area contributed by atoms with Crippen LogP contribution in [-0.4, -0.2) is 50.1 Å². The maximum Gasteiger partial charge on any atom is 0.422 e. The Kier molecular flexibility index (Phi) is 5.65. The second-order valence-electron chi connectivity index (χ2n) is 7.23. The van der Waals surface area contributed by atoms with Gasteiger partial charge in [0.2, 0.25) is 0 Å². The molecule has 0 saturated carbocycles. The number of pyridine rings is 2. The third-order valence-electron chi connectivity index (χ3n) is 4.30. The Morgan fingerprint density at radius 2 is 2.13 bits per heavy atom. The van der Waals surface area contributed by atoms with Gasteiger partial charge >= 0.3 is 6.18 Å². The number of nitrogens with zero attached hydrogens (tertiary/aromatic N) is 3. The summed E-state index contributed by atoms with van der Waals surface area (Å²) < 4.78 is 49.5. The topological polar surface area (TPSA) is 77.8 Å². The summed E-state index contributed by atoms with van der Waals surface area (Å²) in [6.07, 6.45) is -0.219. The summed E-state index contributed by atoms with van der Waals surface area (Å²) in [5.41, 5.74) is 0.510. The molecule has 3 aromatic rings. The predicted octanol–water partition coefficient (Wildman–Crippen LogP) is 4.35. The van der Waals surface area contributed by atoms with Crippen LogP contribution in [0.15, 0.2) is 36.8 Å². The average Bonchev–Trinajstić information content (AvgIpc) is 3.10. The molecule has 0 bridgehead atoms. The van der Waals surface area contributed by atoms with E-state index < -0.39 is 12.8 Å². The van der Waals surface area contributed by atoms with E-state index in [0.717, 1.165) is 11.5 Å². The predicted molar refractivity (Wildman–Crippen MR) is 109 cm³/mol. The van der Waals surface area contributed by atoms with Gasteiger partial charge in [-0.2, -0.15) is 24.9 Å². The number of halogens is 4. The second-order valence-corrected chi connectivity index (χ2v) is 8.65. The van der Waals surface area contributed by atoms with Gasteiger partial charge in [0, 0.05) is 30.0 Å². The first kappa shape index (κ1) is 21.6. The van der Waals surface area contributed by atoms with Crippen molar-refractivity contribution in [2.75, 3.05) is 18.1 Å². The molecule has 0 radical (unpaired) electrons. The van der Waals surface area contributed by atoms with Gasteiger partial charge in [0.1, 0.15) is 17.1 Å². The van der Waals surface area contributed by atoms with Crippen molar-refractivity contribution in [1.29, 1.82) is 0 Å². The van der Waals surface area contributed by atoms with Gasteiger partial charge in [0.15, 0.2) is 12.4 Å². The average molecular weight is 473 g/mol. The number of carbonyl (C=O) groups is 1. The lowest BCUT2D eigenvalue weighted by Crippen LogP contribution is -2.55. The summed E-state index contributed by atoms with van der Waals surface area (Å²) in [5, 5.41) is 3.07. The SMILES string of the molecule is CC1(NC(=O)c2cn3cc(Oc4ncc(Cl)cc4OCC(F)(F)F)ccc3n2)CSC1. The molecule has 0 spiro atoms. The number of carbonyl (C=O) groups excluding carboxylic acids is 1. The van der Waals surface area contributed by atoms with Crippen molar-refractivity contribution >= 4 is 34.9 Å². The highest BCUT2D eigenvalue weighted by Gasteiger charge is 2.34. The summed E-state index contributed by atoms with van der Waals surface area (Å²) in [5.74, 6) is 1.24. The highest BCUT2D eigenvalue weighted by molar-refractivity contribution is 8.00. The molecule has 7 nitrogen and oxygen atoms in total. The number of hydrogen-bond acceptors (Lipinski definition) is 6. The number of nitrogens with one attached hydrogen (secondary N) is 1. The van der Waals surface area contributed by atoms with Crippen LogP contribution in [0.3, 0.4) is 0 Å². The molecule has 3 aromatic heterocycles. The molecule has 4 rings (SSSR count). The molecule has 164 valence electrons. The van der Waals surface area contributed by atoms with E-state index >= 15 is 0 Å². The van der Waals surface area contributed by atoms with Crippen molar-refractivity contribution < 1.29 is 27.4 Å². The number of hydrogen-bond donors (Lipinski definition) is 1. The van der Waals surface area contributed by atoms with E-state index in [0.29, 0.717) is 5.65 Å². The van der Waals surface area contributed by atoms with Gasteiger partial charge in [-0.3, -0.25) is 4.79 Å². The van der Waals surface area contributed by atoms with E-state index in [2.05, 4.69) is 15.3 Å². The minimum atomic E-state index is -4.53. The first-order chi connectivity index (χ1) is 14.6. The van der Waals surface area contributed by atoms with Gasteiger partial charge in [0.05, 0.1) is 16.8 Å². The van der Waals surface area contributed by atoms with Gasteiger partial charge in [-0.05, 0) is 19.1 Å². The lowest BCUT2D eigenvalue weighted by atomic mass is 10.1. The fourth-order valence-corrected chi connectivity index (χ4v) is 3.93. The minimum Gasteiger partial charge on any atom is -0.478 e. The van der Waals surface area contributed by atoms with Crippen molar-refractivity contribution in [2.45, 2.75) is 18.6 Å².